The Morgan fingerprint density at radius 1 is 1.22 bits per heavy atom. The number of aromatic nitrogens is 1. The second-order valence-electron chi connectivity index (χ2n) is 6.64. The highest BCUT2D eigenvalue weighted by Crippen LogP contribution is 2.34. The Balaban J connectivity index is 1.54. The Hall–Kier alpha value is -2.11. The quantitative estimate of drug-likeness (QED) is 0.433. The van der Waals surface area contributed by atoms with Crippen LogP contribution in [-0.2, 0) is 11.2 Å². The molecule has 0 radical (unpaired) electrons. The Kier molecular flexibility index (Phi) is 7.48. The SMILES string of the molecule is CCNC(=NCC1CCOC1c1ccccc1)NCCc1ccc(Cl)nc1. The Bertz CT molecular complexity index is 721. The lowest BCUT2D eigenvalue weighted by Crippen LogP contribution is -2.38. The van der Waals surface area contributed by atoms with Crippen molar-refractivity contribution in [2.75, 3.05) is 26.2 Å². The molecule has 3 rings (SSSR count). The minimum Gasteiger partial charge on any atom is -0.373 e. The van der Waals surface area contributed by atoms with E-state index in [1.54, 1.807) is 0 Å². The Labute approximate surface area is 166 Å². The molecule has 1 aromatic carbocycles. The summed E-state index contributed by atoms with van der Waals surface area (Å²) in [4.78, 5) is 8.91. The van der Waals surface area contributed by atoms with Gasteiger partial charge in [-0.05, 0) is 37.0 Å². The van der Waals surface area contributed by atoms with Gasteiger partial charge in [-0.3, -0.25) is 4.99 Å². The maximum Gasteiger partial charge on any atom is 0.191 e. The molecule has 1 aliphatic heterocycles. The first-order valence-electron chi connectivity index (χ1n) is 9.55. The maximum absolute atomic E-state index is 5.96. The van der Waals surface area contributed by atoms with Crippen LogP contribution >= 0.6 is 11.6 Å². The highest BCUT2D eigenvalue weighted by atomic mass is 35.5. The molecule has 1 aromatic heterocycles. The van der Waals surface area contributed by atoms with E-state index in [4.69, 9.17) is 21.3 Å². The molecule has 2 heterocycles. The summed E-state index contributed by atoms with van der Waals surface area (Å²) in [7, 11) is 0. The van der Waals surface area contributed by atoms with E-state index in [1.165, 1.54) is 5.56 Å². The van der Waals surface area contributed by atoms with Crippen molar-refractivity contribution in [1.82, 2.24) is 15.6 Å². The van der Waals surface area contributed by atoms with Crippen molar-refractivity contribution in [3.63, 3.8) is 0 Å². The second kappa shape index (κ2) is 10.3. The summed E-state index contributed by atoms with van der Waals surface area (Å²) in [5.74, 6) is 1.25. The van der Waals surface area contributed by atoms with Gasteiger partial charge in [-0.2, -0.15) is 0 Å². The number of hydrogen-bond donors (Lipinski definition) is 2. The van der Waals surface area contributed by atoms with Crippen molar-refractivity contribution in [3.8, 4) is 0 Å². The van der Waals surface area contributed by atoms with Crippen LogP contribution in [0.4, 0.5) is 0 Å². The zero-order chi connectivity index (χ0) is 18.9. The van der Waals surface area contributed by atoms with Gasteiger partial charge in [0.05, 0.1) is 6.10 Å². The van der Waals surface area contributed by atoms with Crippen molar-refractivity contribution in [3.05, 3.63) is 64.9 Å². The molecule has 0 amide bonds. The second-order valence-corrected chi connectivity index (χ2v) is 7.02. The van der Waals surface area contributed by atoms with E-state index >= 15 is 0 Å². The normalized spacial score (nSPS) is 19.9. The summed E-state index contributed by atoms with van der Waals surface area (Å²) < 4.78 is 5.96. The molecule has 27 heavy (non-hydrogen) atoms. The molecule has 0 saturated carbocycles. The van der Waals surface area contributed by atoms with E-state index in [9.17, 15) is 0 Å². The molecule has 0 aliphatic carbocycles. The topological polar surface area (TPSA) is 58.5 Å². The third-order valence-electron chi connectivity index (χ3n) is 4.67. The van der Waals surface area contributed by atoms with Gasteiger partial charge in [0.25, 0.3) is 0 Å². The smallest absolute Gasteiger partial charge is 0.191 e. The molecule has 1 aliphatic rings. The number of hydrogen-bond acceptors (Lipinski definition) is 3. The predicted octanol–water partition coefficient (Wildman–Crippen LogP) is 3.61. The van der Waals surface area contributed by atoms with Gasteiger partial charge >= 0.3 is 0 Å². The molecule has 144 valence electrons. The average Bonchev–Trinajstić information content (AvgIpc) is 3.17. The first-order chi connectivity index (χ1) is 13.3. The van der Waals surface area contributed by atoms with Gasteiger partial charge in [-0.1, -0.05) is 48.0 Å². The summed E-state index contributed by atoms with van der Waals surface area (Å²) in [6.07, 6.45) is 3.86. The number of ether oxygens (including phenoxy) is 1. The van der Waals surface area contributed by atoms with Crippen LogP contribution in [0.5, 0.6) is 0 Å². The number of nitrogens with zero attached hydrogens (tertiary/aromatic N) is 2. The van der Waals surface area contributed by atoms with Crippen LogP contribution in [0, 0.1) is 5.92 Å². The average molecular weight is 387 g/mol. The number of rotatable bonds is 7. The molecule has 1 saturated heterocycles. The molecule has 5 nitrogen and oxygen atoms in total. The summed E-state index contributed by atoms with van der Waals surface area (Å²) in [6, 6.07) is 14.3. The molecule has 2 N–H and O–H groups in total. The van der Waals surface area contributed by atoms with Crippen LogP contribution in [0.15, 0.2) is 53.7 Å². The first-order valence-corrected chi connectivity index (χ1v) is 9.93. The fraction of sp³-hybridized carbons (Fsp3) is 0.429. The van der Waals surface area contributed by atoms with Gasteiger partial charge in [0.1, 0.15) is 5.15 Å². The van der Waals surface area contributed by atoms with Crippen LogP contribution in [0.1, 0.15) is 30.6 Å². The van der Waals surface area contributed by atoms with Crippen molar-refractivity contribution in [1.29, 1.82) is 0 Å². The summed E-state index contributed by atoms with van der Waals surface area (Å²) >= 11 is 5.83. The lowest BCUT2D eigenvalue weighted by Gasteiger charge is -2.18. The maximum atomic E-state index is 5.96. The molecule has 0 spiro atoms. The summed E-state index contributed by atoms with van der Waals surface area (Å²) in [6.45, 7) is 5.24. The van der Waals surface area contributed by atoms with Gasteiger partial charge in [-0.15, -0.1) is 0 Å². The highest BCUT2D eigenvalue weighted by molar-refractivity contribution is 6.29. The lowest BCUT2D eigenvalue weighted by molar-refractivity contribution is 0.0925. The fourth-order valence-corrected chi connectivity index (χ4v) is 3.37. The number of guanidine groups is 1. The monoisotopic (exact) mass is 386 g/mol. The van der Waals surface area contributed by atoms with E-state index in [2.05, 4.69) is 46.8 Å². The van der Waals surface area contributed by atoms with Crippen LogP contribution in [0.2, 0.25) is 5.15 Å². The number of pyridine rings is 1. The van der Waals surface area contributed by atoms with E-state index in [0.717, 1.165) is 50.6 Å². The number of benzene rings is 1. The first kappa shape index (κ1) is 19.6. The number of halogens is 1. The fourth-order valence-electron chi connectivity index (χ4n) is 3.26. The van der Waals surface area contributed by atoms with Crippen molar-refractivity contribution < 1.29 is 4.74 Å². The van der Waals surface area contributed by atoms with Crippen LogP contribution in [-0.4, -0.2) is 37.2 Å². The molecular formula is C21H27ClN4O. The minimum absolute atomic E-state index is 0.137. The number of nitrogens with one attached hydrogen (secondary N) is 2. The van der Waals surface area contributed by atoms with E-state index in [0.29, 0.717) is 11.1 Å². The Morgan fingerprint density at radius 2 is 2.07 bits per heavy atom. The lowest BCUT2D eigenvalue weighted by atomic mass is 9.95. The zero-order valence-corrected chi connectivity index (χ0v) is 16.5. The third kappa shape index (κ3) is 5.94. The highest BCUT2D eigenvalue weighted by Gasteiger charge is 2.29. The molecule has 0 bridgehead atoms. The van der Waals surface area contributed by atoms with Crippen molar-refractivity contribution in [2.45, 2.75) is 25.9 Å². The summed E-state index contributed by atoms with van der Waals surface area (Å²) in [5, 5.41) is 7.24. The molecular weight excluding hydrogens is 360 g/mol. The summed E-state index contributed by atoms with van der Waals surface area (Å²) in [5.41, 5.74) is 2.39. The molecule has 2 unspecified atom stereocenters. The van der Waals surface area contributed by atoms with E-state index in [-0.39, 0.29) is 6.10 Å². The molecule has 2 atom stereocenters. The minimum atomic E-state index is 0.137. The largest absolute Gasteiger partial charge is 0.373 e. The van der Waals surface area contributed by atoms with Crippen molar-refractivity contribution in [2.24, 2.45) is 10.9 Å². The van der Waals surface area contributed by atoms with Gasteiger partial charge in [0.15, 0.2) is 5.96 Å². The Morgan fingerprint density at radius 3 is 2.81 bits per heavy atom. The third-order valence-corrected chi connectivity index (χ3v) is 4.89. The van der Waals surface area contributed by atoms with Crippen LogP contribution in [0.3, 0.4) is 0 Å². The standard InChI is InChI=1S/C21H27ClN4O/c1-2-23-21(24-12-10-16-8-9-19(22)25-14-16)26-15-18-11-13-27-20(18)17-6-4-3-5-7-17/h3-9,14,18,20H,2,10-13,15H2,1H3,(H2,23,24,26). The van der Waals surface area contributed by atoms with E-state index < -0.39 is 0 Å². The van der Waals surface area contributed by atoms with Crippen molar-refractivity contribution >= 4 is 17.6 Å². The van der Waals surface area contributed by atoms with Gasteiger partial charge in [-0.25, -0.2) is 4.98 Å². The van der Waals surface area contributed by atoms with Gasteiger partial charge in [0.2, 0.25) is 0 Å². The molecule has 6 heteroatoms. The molecule has 1 fully saturated rings. The van der Waals surface area contributed by atoms with E-state index in [1.807, 2.05) is 24.4 Å². The zero-order valence-electron chi connectivity index (χ0n) is 15.7. The molecule has 2 aromatic rings. The van der Waals surface area contributed by atoms with Gasteiger partial charge < -0.3 is 15.4 Å². The predicted molar refractivity (Wildman–Crippen MR) is 110 cm³/mol. The van der Waals surface area contributed by atoms with Gasteiger partial charge in [0, 0.05) is 38.4 Å². The number of aliphatic imine (C=N–C) groups is 1. The van der Waals surface area contributed by atoms with Crippen LogP contribution < -0.4 is 10.6 Å². The van der Waals surface area contributed by atoms with Crippen LogP contribution in [0.25, 0.3) is 0 Å².